The van der Waals surface area contributed by atoms with E-state index in [-0.39, 0.29) is 12.1 Å². The number of fused-ring (bicyclic) bond motifs is 2. The highest BCUT2D eigenvalue weighted by Crippen LogP contribution is 2.37. The first kappa shape index (κ1) is 9.93. The second-order valence-electron chi connectivity index (χ2n) is 4.49. The van der Waals surface area contributed by atoms with E-state index in [1.165, 1.54) is 0 Å². The Kier molecular flexibility index (Phi) is 2.26. The molecular formula is C12H16N2O2. The summed E-state index contributed by atoms with van der Waals surface area (Å²) in [6.45, 7) is 1.37. The smallest absolute Gasteiger partial charge is 0.117 e. The van der Waals surface area contributed by atoms with Gasteiger partial charge in [0.2, 0.25) is 0 Å². The molecule has 2 saturated heterocycles. The lowest BCUT2D eigenvalue weighted by Crippen LogP contribution is -2.49. The molecule has 3 N–H and O–H groups in total. The van der Waals surface area contributed by atoms with E-state index in [0.717, 1.165) is 18.7 Å². The fourth-order valence-corrected chi connectivity index (χ4v) is 2.87. The molecule has 16 heavy (non-hydrogen) atoms. The largest absolute Gasteiger partial charge is 0.508 e. The van der Waals surface area contributed by atoms with Gasteiger partial charge in [-0.3, -0.25) is 0 Å². The van der Waals surface area contributed by atoms with Crippen LogP contribution in [0.3, 0.4) is 0 Å². The number of benzene rings is 1. The Morgan fingerprint density at radius 3 is 3.12 bits per heavy atom. The zero-order valence-corrected chi connectivity index (χ0v) is 9.04. The van der Waals surface area contributed by atoms with Gasteiger partial charge in [-0.1, -0.05) is 6.07 Å². The third-order valence-electron chi connectivity index (χ3n) is 3.56. The van der Waals surface area contributed by atoms with E-state index in [2.05, 4.69) is 4.90 Å². The molecule has 1 aromatic rings. The summed E-state index contributed by atoms with van der Waals surface area (Å²) in [5.74, 6) is 0.303. The standard InChI is InChI=1S/C12H16N2O2/c13-6-11-12-5-9(7-16-12)14(11)8-2-1-3-10(15)4-8/h1-4,9,11-12,15H,5-7,13H2. The van der Waals surface area contributed by atoms with E-state index in [9.17, 15) is 5.11 Å². The van der Waals surface area contributed by atoms with Crippen LogP contribution in [-0.2, 0) is 4.74 Å². The molecule has 0 aliphatic carbocycles. The van der Waals surface area contributed by atoms with E-state index in [0.29, 0.717) is 18.3 Å². The molecule has 2 bridgehead atoms. The average Bonchev–Trinajstić information content (AvgIpc) is 2.88. The normalized spacial score (nSPS) is 32.3. The first-order chi connectivity index (χ1) is 7.79. The number of phenolic OH excluding ortho intramolecular Hbond substituents is 1. The van der Waals surface area contributed by atoms with Gasteiger partial charge in [-0.2, -0.15) is 0 Å². The molecule has 0 aromatic heterocycles. The van der Waals surface area contributed by atoms with Gasteiger partial charge in [0.15, 0.2) is 0 Å². The third-order valence-corrected chi connectivity index (χ3v) is 3.56. The number of rotatable bonds is 2. The highest BCUT2D eigenvalue weighted by molar-refractivity contribution is 5.54. The average molecular weight is 220 g/mol. The van der Waals surface area contributed by atoms with E-state index in [1.54, 1.807) is 12.1 Å². The van der Waals surface area contributed by atoms with Gasteiger partial charge in [0.25, 0.3) is 0 Å². The summed E-state index contributed by atoms with van der Waals surface area (Å²) in [5.41, 5.74) is 6.85. The van der Waals surface area contributed by atoms with Gasteiger partial charge in [0.05, 0.1) is 24.8 Å². The zero-order valence-electron chi connectivity index (χ0n) is 9.04. The fraction of sp³-hybridized carbons (Fsp3) is 0.500. The van der Waals surface area contributed by atoms with Crippen LogP contribution in [0.2, 0.25) is 0 Å². The van der Waals surface area contributed by atoms with Crippen molar-refractivity contribution < 1.29 is 9.84 Å². The molecule has 0 amide bonds. The van der Waals surface area contributed by atoms with E-state index >= 15 is 0 Å². The highest BCUT2D eigenvalue weighted by Gasteiger charge is 2.46. The number of ether oxygens (including phenoxy) is 1. The summed E-state index contributed by atoms with van der Waals surface area (Å²) in [6.07, 6.45) is 1.31. The van der Waals surface area contributed by atoms with Crippen LogP contribution >= 0.6 is 0 Å². The van der Waals surface area contributed by atoms with Crippen molar-refractivity contribution in [3.8, 4) is 5.75 Å². The number of morpholine rings is 1. The minimum absolute atomic E-state index is 0.251. The van der Waals surface area contributed by atoms with Crippen molar-refractivity contribution >= 4 is 5.69 Å². The maximum Gasteiger partial charge on any atom is 0.117 e. The van der Waals surface area contributed by atoms with Crippen LogP contribution in [0.25, 0.3) is 0 Å². The quantitative estimate of drug-likeness (QED) is 0.770. The maximum atomic E-state index is 9.51. The Balaban J connectivity index is 1.94. The summed E-state index contributed by atoms with van der Waals surface area (Å²) < 4.78 is 5.65. The molecule has 3 atom stereocenters. The lowest BCUT2D eigenvalue weighted by Gasteiger charge is -2.36. The lowest BCUT2D eigenvalue weighted by atomic mass is 10.1. The molecule has 1 aromatic carbocycles. The summed E-state index contributed by atoms with van der Waals surface area (Å²) >= 11 is 0. The molecule has 2 fully saturated rings. The van der Waals surface area contributed by atoms with Crippen LogP contribution in [0, 0.1) is 0 Å². The van der Waals surface area contributed by atoms with Crippen molar-refractivity contribution in [2.24, 2.45) is 5.73 Å². The van der Waals surface area contributed by atoms with Gasteiger partial charge >= 0.3 is 0 Å². The number of nitrogens with two attached hydrogens (primary N) is 1. The zero-order chi connectivity index (χ0) is 11.1. The predicted molar refractivity (Wildman–Crippen MR) is 61.6 cm³/mol. The SMILES string of the molecule is NCC1C2CC(CO2)N1c1cccc(O)c1. The first-order valence-corrected chi connectivity index (χ1v) is 5.68. The van der Waals surface area contributed by atoms with Gasteiger partial charge in [0.1, 0.15) is 5.75 Å². The maximum absolute atomic E-state index is 9.51. The molecule has 86 valence electrons. The Bertz CT molecular complexity index is 396. The molecule has 4 heteroatoms. The molecule has 2 aliphatic rings. The van der Waals surface area contributed by atoms with Crippen molar-refractivity contribution in [1.29, 1.82) is 0 Å². The molecule has 4 nitrogen and oxygen atoms in total. The van der Waals surface area contributed by atoms with Crippen molar-refractivity contribution in [2.45, 2.75) is 24.6 Å². The molecule has 0 radical (unpaired) electrons. The number of nitrogens with zero attached hydrogens (tertiary/aromatic N) is 1. The monoisotopic (exact) mass is 220 g/mol. The molecule has 0 spiro atoms. The topological polar surface area (TPSA) is 58.7 Å². The Hall–Kier alpha value is -1.26. The van der Waals surface area contributed by atoms with Crippen molar-refractivity contribution in [3.05, 3.63) is 24.3 Å². The van der Waals surface area contributed by atoms with Gasteiger partial charge in [0, 0.05) is 18.3 Å². The van der Waals surface area contributed by atoms with Crippen LogP contribution in [0.5, 0.6) is 5.75 Å². The molecule has 0 saturated carbocycles. The Morgan fingerprint density at radius 1 is 1.50 bits per heavy atom. The Labute approximate surface area is 94.6 Å². The van der Waals surface area contributed by atoms with E-state index < -0.39 is 0 Å². The third kappa shape index (κ3) is 1.37. The number of aromatic hydroxyl groups is 1. The van der Waals surface area contributed by atoms with Gasteiger partial charge in [-0.15, -0.1) is 0 Å². The second-order valence-corrected chi connectivity index (χ2v) is 4.49. The number of hydrogen-bond acceptors (Lipinski definition) is 4. The first-order valence-electron chi connectivity index (χ1n) is 5.68. The van der Waals surface area contributed by atoms with Crippen LogP contribution in [0.4, 0.5) is 5.69 Å². The fourth-order valence-electron chi connectivity index (χ4n) is 2.87. The molecule has 3 rings (SSSR count). The lowest BCUT2D eigenvalue weighted by molar-refractivity contribution is 0.0720. The number of phenols is 1. The molecule has 2 heterocycles. The van der Waals surface area contributed by atoms with Crippen molar-refractivity contribution in [3.63, 3.8) is 0 Å². The summed E-state index contributed by atoms with van der Waals surface area (Å²) in [5, 5.41) is 9.51. The summed E-state index contributed by atoms with van der Waals surface area (Å²) in [7, 11) is 0. The van der Waals surface area contributed by atoms with Crippen LogP contribution in [-0.4, -0.2) is 36.4 Å². The van der Waals surface area contributed by atoms with Crippen LogP contribution in [0.1, 0.15) is 6.42 Å². The van der Waals surface area contributed by atoms with Gasteiger partial charge < -0.3 is 20.5 Å². The molecule has 3 unspecified atom stereocenters. The summed E-state index contributed by atoms with van der Waals surface area (Å²) in [4.78, 5) is 2.30. The Morgan fingerprint density at radius 2 is 2.38 bits per heavy atom. The highest BCUT2D eigenvalue weighted by atomic mass is 16.5. The minimum atomic E-state index is 0.251. The molecule has 2 aliphatic heterocycles. The van der Waals surface area contributed by atoms with Crippen molar-refractivity contribution in [2.75, 3.05) is 18.1 Å². The number of anilines is 1. The summed E-state index contributed by atoms with van der Waals surface area (Å²) in [6, 6.07) is 8.03. The van der Waals surface area contributed by atoms with Crippen molar-refractivity contribution in [1.82, 2.24) is 0 Å². The minimum Gasteiger partial charge on any atom is -0.508 e. The van der Waals surface area contributed by atoms with Crippen LogP contribution in [0.15, 0.2) is 24.3 Å². The van der Waals surface area contributed by atoms with Gasteiger partial charge in [-0.25, -0.2) is 0 Å². The van der Waals surface area contributed by atoms with Gasteiger partial charge in [-0.05, 0) is 18.6 Å². The van der Waals surface area contributed by atoms with E-state index in [1.807, 2.05) is 12.1 Å². The van der Waals surface area contributed by atoms with Crippen LogP contribution < -0.4 is 10.6 Å². The second kappa shape index (κ2) is 3.64. The van der Waals surface area contributed by atoms with E-state index in [4.69, 9.17) is 10.5 Å². The molecular weight excluding hydrogens is 204 g/mol. The number of hydrogen-bond donors (Lipinski definition) is 2. The predicted octanol–water partition coefficient (Wildman–Crippen LogP) is 0.697.